The quantitative estimate of drug-likeness (QED) is 0.199. The van der Waals surface area contributed by atoms with Gasteiger partial charge in [-0.15, -0.1) is 0 Å². The zero-order valence-electron chi connectivity index (χ0n) is 24.7. The van der Waals surface area contributed by atoms with Crippen molar-refractivity contribution in [1.29, 1.82) is 0 Å². The lowest BCUT2D eigenvalue weighted by Gasteiger charge is -2.27. The first-order valence-electron chi connectivity index (χ1n) is 13.8. The Morgan fingerprint density at radius 3 is 2.39 bits per heavy atom. The molecule has 1 aliphatic rings. The molecule has 12 heteroatoms. The summed E-state index contributed by atoms with van der Waals surface area (Å²) in [5.74, 6) is -0.738. The van der Waals surface area contributed by atoms with Crippen LogP contribution in [0.5, 0.6) is 23.0 Å². The monoisotopic (exact) mass is 621 g/mol. The number of amides is 5. The first-order chi connectivity index (χ1) is 21.1. The predicted octanol–water partition coefficient (Wildman–Crippen LogP) is 5.53. The SMILES string of the molecule is CCCOc1ccc(N2C(=O)NC(=O)/C(=C\c3ccc(OCC(=O)Nc4ccc(C)c(Cl)c4)c(OC)c3)C2=O)cc1OCC. The zero-order chi connectivity index (χ0) is 31.8. The Morgan fingerprint density at radius 1 is 0.932 bits per heavy atom. The highest BCUT2D eigenvalue weighted by molar-refractivity contribution is 6.39. The summed E-state index contributed by atoms with van der Waals surface area (Å²) in [6.07, 6.45) is 2.12. The fourth-order valence-corrected chi connectivity index (χ4v) is 4.38. The van der Waals surface area contributed by atoms with Crippen molar-refractivity contribution in [2.75, 3.05) is 37.1 Å². The second kappa shape index (κ2) is 14.4. The number of aryl methyl sites for hydroxylation is 1. The smallest absolute Gasteiger partial charge is 0.335 e. The highest BCUT2D eigenvalue weighted by atomic mass is 35.5. The van der Waals surface area contributed by atoms with E-state index in [1.165, 1.54) is 31.4 Å². The van der Waals surface area contributed by atoms with E-state index in [9.17, 15) is 19.2 Å². The molecule has 1 saturated heterocycles. The Bertz CT molecular complexity index is 1620. The number of rotatable bonds is 12. The molecule has 0 saturated carbocycles. The number of ether oxygens (including phenoxy) is 4. The molecular weight excluding hydrogens is 590 g/mol. The highest BCUT2D eigenvalue weighted by Gasteiger charge is 2.37. The molecule has 44 heavy (non-hydrogen) atoms. The number of methoxy groups -OCH3 is 1. The average molecular weight is 622 g/mol. The van der Waals surface area contributed by atoms with Gasteiger partial charge in [0, 0.05) is 16.8 Å². The van der Waals surface area contributed by atoms with Gasteiger partial charge in [-0.2, -0.15) is 0 Å². The molecule has 2 N–H and O–H groups in total. The maximum Gasteiger partial charge on any atom is 0.335 e. The van der Waals surface area contributed by atoms with Crippen LogP contribution in [0.3, 0.4) is 0 Å². The van der Waals surface area contributed by atoms with Crippen LogP contribution in [0.25, 0.3) is 6.08 Å². The van der Waals surface area contributed by atoms with Crippen molar-refractivity contribution in [2.24, 2.45) is 0 Å². The second-order valence-electron chi connectivity index (χ2n) is 9.58. The van der Waals surface area contributed by atoms with Gasteiger partial charge in [-0.1, -0.05) is 30.7 Å². The Hall–Kier alpha value is -5.03. The number of anilines is 2. The van der Waals surface area contributed by atoms with Crippen molar-refractivity contribution in [3.8, 4) is 23.0 Å². The maximum atomic E-state index is 13.5. The summed E-state index contributed by atoms with van der Waals surface area (Å²) in [5, 5.41) is 5.44. The van der Waals surface area contributed by atoms with Gasteiger partial charge in [0.15, 0.2) is 29.6 Å². The molecular formula is C32H32ClN3O8. The van der Waals surface area contributed by atoms with E-state index >= 15 is 0 Å². The van der Waals surface area contributed by atoms with Crippen molar-refractivity contribution in [1.82, 2.24) is 5.32 Å². The summed E-state index contributed by atoms with van der Waals surface area (Å²) in [6.45, 7) is 6.12. The largest absolute Gasteiger partial charge is 0.493 e. The minimum Gasteiger partial charge on any atom is -0.493 e. The van der Waals surface area contributed by atoms with Crippen LogP contribution in [0.4, 0.5) is 16.2 Å². The minimum absolute atomic E-state index is 0.200. The number of halogens is 1. The van der Waals surface area contributed by atoms with E-state index < -0.39 is 23.8 Å². The predicted molar refractivity (Wildman–Crippen MR) is 166 cm³/mol. The number of nitrogens with one attached hydrogen (secondary N) is 2. The van der Waals surface area contributed by atoms with Crippen molar-refractivity contribution >= 4 is 52.8 Å². The minimum atomic E-state index is -0.894. The Labute approximate surface area is 259 Å². The number of imide groups is 2. The molecule has 0 unspecified atom stereocenters. The summed E-state index contributed by atoms with van der Waals surface area (Å²) in [4.78, 5) is 52.2. The van der Waals surface area contributed by atoms with Gasteiger partial charge in [0.1, 0.15) is 5.57 Å². The van der Waals surface area contributed by atoms with Gasteiger partial charge < -0.3 is 24.3 Å². The third kappa shape index (κ3) is 7.48. The normalized spacial score (nSPS) is 13.9. The van der Waals surface area contributed by atoms with E-state index in [-0.39, 0.29) is 29.4 Å². The van der Waals surface area contributed by atoms with E-state index in [2.05, 4.69) is 10.6 Å². The molecule has 1 aliphatic heterocycles. The lowest BCUT2D eigenvalue weighted by atomic mass is 10.1. The summed E-state index contributed by atoms with van der Waals surface area (Å²) in [6, 6.07) is 13.6. The fraction of sp³-hybridized carbons (Fsp3) is 0.250. The number of urea groups is 1. The number of nitrogens with zero attached hydrogens (tertiary/aromatic N) is 1. The lowest BCUT2D eigenvalue weighted by Crippen LogP contribution is -2.54. The molecule has 1 fully saturated rings. The molecule has 3 aromatic carbocycles. The van der Waals surface area contributed by atoms with Gasteiger partial charge in [-0.05, 0) is 73.9 Å². The van der Waals surface area contributed by atoms with Gasteiger partial charge in [-0.3, -0.25) is 19.7 Å². The molecule has 3 aromatic rings. The number of carbonyl (C=O) groups is 4. The molecule has 5 amide bonds. The summed E-state index contributed by atoms with van der Waals surface area (Å²) < 4.78 is 22.4. The van der Waals surface area contributed by atoms with Crippen LogP contribution >= 0.6 is 11.6 Å². The number of benzene rings is 3. The van der Waals surface area contributed by atoms with Crippen molar-refractivity contribution in [2.45, 2.75) is 27.2 Å². The Kier molecular flexibility index (Phi) is 10.5. The molecule has 1 heterocycles. The third-order valence-electron chi connectivity index (χ3n) is 6.36. The number of carbonyl (C=O) groups excluding carboxylic acids is 4. The molecule has 0 aromatic heterocycles. The van der Waals surface area contributed by atoms with Crippen LogP contribution in [0.1, 0.15) is 31.4 Å². The van der Waals surface area contributed by atoms with E-state index in [1.54, 1.807) is 43.3 Å². The molecule has 0 bridgehead atoms. The van der Waals surface area contributed by atoms with E-state index in [0.29, 0.717) is 41.0 Å². The number of barbiturate groups is 1. The van der Waals surface area contributed by atoms with Gasteiger partial charge in [0.05, 0.1) is 26.0 Å². The van der Waals surface area contributed by atoms with Crippen LogP contribution in [0.2, 0.25) is 5.02 Å². The maximum absolute atomic E-state index is 13.5. The molecule has 230 valence electrons. The molecule has 0 radical (unpaired) electrons. The molecule has 0 atom stereocenters. The Balaban J connectivity index is 1.52. The number of hydrogen-bond donors (Lipinski definition) is 2. The second-order valence-corrected chi connectivity index (χ2v) is 9.99. The molecule has 4 rings (SSSR count). The molecule has 0 spiro atoms. The van der Waals surface area contributed by atoms with Crippen LogP contribution in [-0.2, 0) is 14.4 Å². The van der Waals surface area contributed by atoms with Crippen LogP contribution in [0.15, 0.2) is 60.2 Å². The van der Waals surface area contributed by atoms with E-state index in [0.717, 1.165) is 16.9 Å². The highest BCUT2D eigenvalue weighted by Crippen LogP contribution is 2.34. The number of hydrogen-bond acceptors (Lipinski definition) is 8. The van der Waals surface area contributed by atoms with Crippen LogP contribution in [0, 0.1) is 6.92 Å². The summed E-state index contributed by atoms with van der Waals surface area (Å²) >= 11 is 6.12. The first kappa shape index (κ1) is 31.9. The fourth-order valence-electron chi connectivity index (χ4n) is 4.20. The summed E-state index contributed by atoms with van der Waals surface area (Å²) in [5.41, 5.74) is 1.75. The summed E-state index contributed by atoms with van der Waals surface area (Å²) in [7, 11) is 1.41. The van der Waals surface area contributed by atoms with Gasteiger partial charge in [0.25, 0.3) is 17.7 Å². The average Bonchev–Trinajstić information content (AvgIpc) is 3.00. The van der Waals surface area contributed by atoms with Gasteiger partial charge in [-0.25, -0.2) is 9.69 Å². The van der Waals surface area contributed by atoms with Crippen LogP contribution < -0.4 is 34.5 Å². The Morgan fingerprint density at radius 2 is 1.68 bits per heavy atom. The third-order valence-corrected chi connectivity index (χ3v) is 6.77. The van der Waals surface area contributed by atoms with Crippen molar-refractivity contribution in [3.05, 3.63) is 76.3 Å². The van der Waals surface area contributed by atoms with Crippen LogP contribution in [-0.4, -0.2) is 50.7 Å². The van der Waals surface area contributed by atoms with Crippen molar-refractivity contribution in [3.63, 3.8) is 0 Å². The standard InChI is InChI=1S/C32H32ClN3O8/c1-5-13-43-26-12-10-22(17-28(26)42-6-2)36-31(39)23(30(38)35-32(36)40)14-20-8-11-25(27(15-20)41-4)44-18-29(37)34-21-9-7-19(3)24(33)16-21/h7-12,14-17H,5-6,13,18H2,1-4H3,(H,34,37)(H,35,38,40)/b23-14+. The van der Waals surface area contributed by atoms with E-state index in [1.807, 2.05) is 13.8 Å². The lowest BCUT2D eigenvalue weighted by molar-refractivity contribution is -0.122. The molecule has 0 aliphatic carbocycles. The first-order valence-corrected chi connectivity index (χ1v) is 14.2. The van der Waals surface area contributed by atoms with Crippen molar-refractivity contribution < 1.29 is 38.1 Å². The topological polar surface area (TPSA) is 132 Å². The van der Waals surface area contributed by atoms with Gasteiger partial charge >= 0.3 is 6.03 Å². The molecule has 11 nitrogen and oxygen atoms in total. The van der Waals surface area contributed by atoms with E-state index in [4.69, 9.17) is 30.5 Å². The zero-order valence-corrected chi connectivity index (χ0v) is 25.4. The van der Waals surface area contributed by atoms with Gasteiger partial charge in [0.2, 0.25) is 0 Å².